The van der Waals surface area contributed by atoms with Crippen LogP contribution < -0.4 is 5.32 Å². The third-order valence-electron chi connectivity index (χ3n) is 3.88. The Morgan fingerprint density at radius 3 is 2.88 bits per heavy atom. The predicted molar refractivity (Wildman–Crippen MR) is 91.9 cm³/mol. The fraction of sp³-hybridized carbons (Fsp3) is 0.111. The first-order chi connectivity index (χ1) is 12.3. The van der Waals surface area contributed by atoms with Crippen molar-refractivity contribution in [1.82, 2.24) is 29.7 Å². The molecule has 7 heteroatoms. The molecule has 1 aromatic carbocycles. The summed E-state index contributed by atoms with van der Waals surface area (Å²) < 4.78 is 3.51. The van der Waals surface area contributed by atoms with E-state index in [0.29, 0.717) is 18.7 Å². The maximum atomic E-state index is 12.4. The van der Waals surface area contributed by atoms with Crippen LogP contribution in [0.1, 0.15) is 21.5 Å². The molecule has 124 valence electrons. The van der Waals surface area contributed by atoms with Crippen LogP contribution in [0, 0.1) is 0 Å². The van der Waals surface area contributed by atoms with Crippen LogP contribution in [0.3, 0.4) is 0 Å². The first kappa shape index (κ1) is 15.1. The average Bonchev–Trinajstić information content (AvgIpc) is 3.30. The Hall–Kier alpha value is -3.48. The van der Waals surface area contributed by atoms with Crippen LogP contribution in [0.4, 0.5) is 0 Å². The van der Waals surface area contributed by atoms with Gasteiger partial charge in [0.15, 0.2) is 5.65 Å². The van der Waals surface area contributed by atoms with Crippen molar-refractivity contribution < 1.29 is 4.79 Å². The molecule has 0 spiro atoms. The summed E-state index contributed by atoms with van der Waals surface area (Å²) in [5.41, 5.74) is 3.26. The predicted octanol–water partition coefficient (Wildman–Crippen LogP) is 1.90. The number of fused-ring (bicyclic) bond motifs is 1. The molecule has 4 aromatic rings. The van der Waals surface area contributed by atoms with Gasteiger partial charge in [-0.3, -0.25) is 9.48 Å². The minimum atomic E-state index is -0.127. The second-order valence-corrected chi connectivity index (χ2v) is 5.64. The Morgan fingerprint density at radius 1 is 1.08 bits per heavy atom. The fourth-order valence-corrected chi connectivity index (χ4v) is 2.67. The van der Waals surface area contributed by atoms with Gasteiger partial charge < -0.3 is 5.32 Å². The SMILES string of the molecule is O=C(NCc1cnn2cccnc12)c1cccc(Cn2cccn2)c1. The van der Waals surface area contributed by atoms with Crippen LogP contribution in [0.15, 0.2) is 67.4 Å². The van der Waals surface area contributed by atoms with Crippen molar-refractivity contribution in [3.8, 4) is 0 Å². The van der Waals surface area contributed by atoms with Crippen LogP contribution in [0.2, 0.25) is 0 Å². The third-order valence-corrected chi connectivity index (χ3v) is 3.88. The smallest absolute Gasteiger partial charge is 0.251 e. The summed E-state index contributed by atoms with van der Waals surface area (Å²) >= 11 is 0. The maximum absolute atomic E-state index is 12.4. The molecule has 0 fully saturated rings. The molecule has 0 unspecified atom stereocenters. The molecule has 4 rings (SSSR count). The zero-order valence-electron chi connectivity index (χ0n) is 13.4. The van der Waals surface area contributed by atoms with Gasteiger partial charge in [0.1, 0.15) is 0 Å². The third kappa shape index (κ3) is 3.25. The van der Waals surface area contributed by atoms with Crippen LogP contribution in [0.5, 0.6) is 0 Å². The van der Waals surface area contributed by atoms with Gasteiger partial charge in [-0.05, 0) is 29.8 Å². The van der Waals surface area contributed by atoms with Crippen LogP contribution >= 0.6 is 0 Å². The van der Waals surface area contributed by atoms with Gasteiger partial charge >= 0.3 is 0 Å². The van der Waals surface area contributed by atoms with Crippen molar-refractivity contribution in [2.75, 3.05) is 0 Å². The van der Waals surface area contributed by atoms with Gasteiger partial charge in [-0.25, -0.2) is 9.50 Å². The standard InChI is InChI=1S/C18H16N6O/c25-18(20-11-16-12-22-24-9-2-6-19-17(16)24)15-5-1-4-14(10-15)13-23-8-3-7-21-23/h1-10,12H,11,13H2,(H,20,25). The van der Waals surface area contributed by atoms with E-state index in [4.69, 9.17) is 0 Å². The van der Waals surface area contributed by atoms with Crippen molar-refractivity contribution in [3.05, 3.63) is 84.1 Å². The molecule has 3 aromatic heterocycles. The highest BCUT2D eigenvalue weighted by Crippen LogP contribution is 2.09. The van der Waals surface area contributed by atoms with Gasteiger partial charge in [0, 0.05) is 42.5 Å². The normalized spacial score (nSPS) is 10.9. The summed E-state index contributed by atoms with van der Waals surface area (Å²) in [6.07, 6.45) is 8.88. The number of hydrogen-bond acceptors (Lipinski definition) is 4. The summed E-state index contributed by atoms with van der Waals surface area (Å²) in [7, 11) is 0. The number of amides is 1. The first-order valence-corrected chi connectivity index (χ1v) is 7.91. The van der Waals surface area contributed by atoms with E-state index >= 15 is 0 Å². The largest absolute Gasteiger partial charge is 0.348 e. The zero-order valence-corrected chi connectivity index (χ0v) is 13.4. The molecular formula is C18H16N6O. The lowest BCUT2D eigenvalue weighted by molar-refractivity contribution is 0.0951. The number of aromatic nitrogens is 5. The summed E-state index contributed by atoms with van der Waals surface area (Å²) in [6, 6.07) is 11.2. The summed E-state index contributed by atoms with van der Waals surface area (Å²) in [5.74, 6) is -0.127. The van der Waals surface area contributed by atoms with Gasteiger partial charge in [-0.1, -0.05) is 12.1 Å². The van der Waals surface area contributed by atoms with E-state index in [1.54, 1.807) is 29.2 Å². The lowest BCUT2D eigenvalue weighted by atomic mass is 10.1. The highest BCUT2D eigenvalue weighted by molar-refractivity contribution is 5.94. The Kier molecular flexibility index (Phi) is 3.96. The van der Waals surface area contributed by atoms with Crippen molar-refractivity contribution in [3.63, 3.8) is 0 Å². The molecule has 1 N–H and O–H groups in total. The molecule has 3 heterocycles. The van der Waals surface area contributed by atoms with Crippen LogP contribution in [-0.2, 0) is 13.1 Å². The summed E-state index contributed by atoms with van der Waals surface area (Å²) in [6.45, 7) is 1.01. The van der Waals surface area contributed by atoms with E-state index in [-0.39, 0.29) is 5.91 Å². The molecule has 25 heavy (non-hydrogen) atoms. The zero-order chi connectivity index (χ0) is 17.1. The van der Waals surface area contributed by atoms with Gasteiger partial charge in [0.05, 0.1) is 12.7 Å². The molecule has 0 aliphatic rings. The van der Waals surface area contributed by atoms with Gasteiger partial charge in [-0.2, -0.15) is 10.2 Å². The van der Waals surface area contributed by atoms with Gasteiger partial charge in [0.25, 0.3) is 5.91 Å². The van der Waals surface area contributed by atoms with Crippen LogP contribution in [-0.4, -0.2) is 30.3 Å². The fourth-order valence-electron chi connectivity index (χ4n) is 2.67. The second-order valence-electron chi connectivity index (χ2n) is 5.64. The number of benzene rings is 1. The molecule has 0 radical (unpaired) electrons. The molecular weight excluding hydrogens is 316 g/mol. The Labute approximate surface area is 143 Å². The van der Waals surface area contributed by atoms with Crippen molar-refractivity contribution >= 4 is 11.6 Å². The van der Waals surface area contributed by atoms with Crippen molar-refractivity contribution in [2.24, 2.45) is 0 Å². The molecule has 0 saturated carbocycles. The number of carbonyl (C=O) groups is 1. The highest BCUT2D eigenvalue weighted by Gasteiger charge is 2.09. The number of carbonyl (C=O) groups excluding carboxylic acids is 1. The minimum Gasteiger partial charge on any atom is -0.348 e. The minimum absolute atomic E-state index is 0.127. The second kappa shape index (κ2) is 6.56. The molecule has 0 aliphatic carbocycles. The van der Waals surface area contributed by atoms with E-state index in [0.717, 1.165) is 16.8 Å². The Bertz CT molecular complexity index is 1010. The number of hydrogen-bond donors (Lipinski definition) is 1. The van der Waals surface area contributed by atoms with E-state index in [2.05, 4.69) is 20.5 Å². The molecule has 1 amide bonds. The number of nitrogens with zero attached hydrogens (tertiary/aromatic N) is 5. The lowest BCUT2D eigenvalue weighted by Crippen LogP contribution is -2.23. The van der Waals surface area contributed by atoms with Crippen molar-refractivity contribution in [1.29, 1.82) is 0 Å². The average molecular weight is 332 g/mol. The molecule has 0 aliphatic heterocycles. The lowest BCUT2D eigenvalue weighted by Gasteiger charge is -2.07. The maximum Gasteiger partial charge on any atom is 0.251 e. The highest BCUT2D eigenvalue weighted by atomic mass is 16.1. The molecule has 7 nitrogen and oxygen atoms in total. The van der Waals surface area contributed by atoms with E-state index in [9.17, 15) is 4.79 Å². The van der Waals surface area contributed by atoms with Crippen molar-refractivity contribution in [2.45, 2.75) is 13.1 Å². The van der Waals surface area contributed by atoms with Gasteiger partial charge in [-0.15, -0.1) is 0 Å². The van der Waals surface area contributed by atoms with Gasteiger partial charge in [0.2, 0.25) is 0 Å². The molecule has 0 atom stereocenters. The quantitative estimate of drug-likeness (QED) is 0.605. The summed E-state index contributed by atoms with van der Waals surface area (Å²) in [4.78, 5) is 16.7. The van der Waals surface area contributed by atoms with E-state index < -0.39 is 0 Å². The topological polar surface area (TPSA) is 77.1 Å². The Morgan fingerprint density at radius 2 is 2.00 bits per heavy atom. The number of nitrogens with one attached hydrogen (secondary N) is 1. The molecule has 0 bridgehead atoms. The summed E-state index contributed by atoms with van der Waals surface area (Å²) in [5, 5.41) is 11.3. The van der Waals surface area contributed by atoms with E-state index in [1.807, 2.05) is 47.4 Å². The first-order valence-electron chi connectivity index (χ1n) is 7.91. The monoisotopic (exact) mass is 332 g/mol. The Balaban J connectivity index is 1.46. The van der Waals surface area contributed by atoms with E-state index in [1.165, 1.54) is 0 Å². The molecule has 0 saturated heterocycles. The van der Waals surface area contributed by atoms with Crippen LogP contribution in [0.25, 0.3) is 5.65 Å². The number of rotatable bonds is 5.